The van der Waals surface area contributed by atoms with Crippen LogP contribution in [0.2, 0.25) is 0 Å². The quantitative estimate of drug-likeness (QED) is 0.872. The van der Waals surface area contributed by atoms with Crippen molar-refractivity contribution in [3.63, 3.8) is 0 Å². The molecule has 0 aromatic heterocycles. The lowest BCUT2D eigenvalue weighted by Gasteiger charge is -2.14. The maximum Gasteiger partial charge on any atom is 0.165 e. The van der Waals surface area contributed by atoms with Crippen molar-refractivity contribution in [2.75, 3.05) is 0 Å². The molecule has 0 aliphatic heterocycles. The fraction of sp³-hybridized carbons (Fsp3) is 0.143. The monoisotopic (exact) mass is 330 g/mol. The van der Waals surface area contributed by atoms with Crippen LogP contribution in [0.5, 0.6) is 0 Å². The van der Waals surface area contributed by atoms with Crippen LogP contribution in [0, 0.1) is 24.4 Å². The van der Waals surface area contributed by atoms with Crippen LogP contribution >= 0.6 is 15.9 Å². The topological polar surface area (TPSA) is 20.2 Å². The first kappa shape index (κ1) is 14.1. The third-order valence-electron chi connectivity index (χ3n) is 2.86. The Morgan fingerprint density at radius 3 is 2.37 bits per heavy atom. The lowest BCUT2D eigenvalue weighted by Crippen LogP contribution is -2.05. The van der Waals surface area contributed by atoms with E-state index in [0.29, 0.717) is 0 Å². The van der Waals surface area contributed by atoms with Crippen molar-refractivity contribution < 1.29 is 18.3 Å². The predicted octanol–water partition coefficient (Wildman–Crippen LogP) is 4.26. The molecule has 5 heteroatoms. The Labute approximate surface area is 116 Å². The predicted molar refractivity (Wildman–Crippen MR) is 69.3 cm³/mol. The van der Waals surface area contributed by atoms with Crippen LogP contribution in [0.1, 0.15) is 22.8 Å². The maximum atomic E-state index is 13.8. The van der Waals surface area contributed by atoms with E-state index in [1.807, 2.05) is 0 Å². The molecule has 100 valence electrons. The average molecular weight is 331 g/mol. The molecule has 0 saturated carbocycles. The molecule has 0 spiro atoms. The highest BCUT2D eigenvalue weighted by atomic mass is 79.9. The molecule has 2 aromatic carbocycles. The molecule has 0 heterocycles. The van der Waals surface area contributed by atoms with Gasteiger partial charge in [0, 0.05) is 5.56 Å². The van der Waals surface area contributed by atoms with E-state index in [9.17, 15) is 18.3 Å². The molecule has 1 atom stereocenters. The van der Waals surface area contributed by atoms with Crippen molar-refractivity contribution in [3.05, 3.63) is 68.9 Å². The molecule has 0 radical (unpaired) electrons. The van der Waals surface area contributed by atoms with Crippen LogP contribution in [-0.4, -0.2) is 5.11 Å². The molecule has 1 nitrogen and oxygen atoms in total. The van der Waals surface area contributed by atoms with Crippen LogP contribution in [0.25, 0.3) is 0 Å². The molecule has 0 fully saturated rings. The van der Waals surface area contributed by atoms with Crippen molar-refractivity contribution >= 4 is 15.9 Å². The van der Waals surface area contributed by atoms with Gasteiger partial charge in [-0.3, -0.25) is 0 Å². The van der Waals surface area contributed by atoms with Crippen molar-refractivity contribution in [2.24, 2.45) is 0 Å². The molecular formula is C14H10BrF3O. The second kappa shape index (κ2) is 5.35. The van der Waals surface area contributed by atoms with Gasteiger partial charge >= 0.3 is 0 Å². The molecule has 1 unspecified atom stereocenters. The minimum Gasteiger partial charge on any atom is -0.384 e. The molecule has 0 aliphatic carbocycles. The molecule has 2 rings (SSSR count). The van der Waals surface area contributed by atoms with Crippen LogP contribution in [0.3, 0.4) is 0 Å². The first-order valence-electron chi connectivity index (χ1n) is 5.49. The van der Waals surface area contributed by atoms with Gasteiger partial charge in [0.25, 0.3) is 0 Å². The van der Waals surface area contributed by atoms with Crippen LogP contribution in [-0.2, 0) is 0 Å². The zero-order chi connectivity index (χ0) is 14.2. The minimum absolute atomic E-state index is 0.150. The van der Waals surface area contributed by atoms with Gasteiger partial charge in [-0.1, -0.05) is 18.2 Å². The number of benzene rings is 2. The lowest BCUT2D eigenvalue weighted by molar-refractivity contribution is 0.213. The average Bonchev–Trinajstić information content (AvgIpc) is 2.39. The van der Waals surface area contributed by atoms with Gasteiger partial charge in [0.05, 0.1) is 4.47 Å². The van der Waals surface area contributed by atoms with Crippen molar-refractivity contribution in [1.82, 2.24) is 0 Å². The SMILES string of the molecule is Cc1ccc(C(O)c2ccc(F)c(Br)c2)c(F)c1F. The molecule has 0 aliphatic rings. The summed E-state index contributed by atoms with van der Waals surface area (Å²) in [7, 11) is 0. The highest BCUT2D eigenvalue weighted by Gasteiger charge is 2.19. The van der Waals surface area contributed by atoms with Gasteiger partial charge in [0.15, 0.2) is 11.6 Å². The van der Waals surface area contributed by atoms with Crippen LogP contribution < -0.4 is 0 Å². The fourth-order valence-corrected chi connectivity index (χ4v) is 2.13. The van der Waals surface area contributed by atoms with E-state index in [-0.39, 0.29) is 21.2 Å². The lowest BCUT2D eigenvalue weighted by atomic mass is 9.99. The first-order valence-corrected chi connectivity index (χ1v) is 6.28. The summed E-state index contributed by atoms with van der Waals surface area (Å²) in [4.78, 5) is 0. The van der Waals surface area contributed by atoms with E-state index in [1.165, 1.54) is 31.2 Å². The largest absolute Gasteiger partial charge is 0.384 e. The van der Waals surface area contributed by atoms with Crippen LogP contribution in [0.15, 0.2) is 34.8 Å². The van der Waals surface area contributed by atoms with Crippen molar-refractivity contribution in [1.29, 1.82) is 0 Å². The maximum absolute atomic E-state index is 13.8. The number of aryl methyl sites for hydroxylation is 1. The number of aliphatic hydroxyl groups excluding tert-OH is 1. The summed E-state index contributed by atoms with van der Waals surface area (Å²) in [6.07, 6.45) is -1.35. The standard InChI is InChI=1S/C14H10BrF3O/c1-7-2-4-9(13(18)12(7)17)14(19)8-3-5-11(16)10(15)6-8/h2-6,14,19H,1H3. The Kier molecular flexibility index (Phi) is 3.96. The third kappa shape index (κ3) is 2.67. The van der Waals surface area contributed by atoms with Crippen LogP contribution in [0.4, 0.5) is 13.2 Å². The number of rotatable bonds is 2. The van der Waals surface area contributed by atoms with Gasteiger partial charge in [-0.15, -0.1) is 0 Å². The molecule has 0 amide bonds. The Morgan fingerprint density at radius 1 is 1.05 bits per heavy atom. The second-order valence-electron chi connectivity index (χ2n) is 4.18. The number of aliphatic hydroxyl groups is 1. The highest BCUT2D eigenvalue weighted by Crippen LogP contribution is 2.29. The summed E-state index contributed by atoms with van der Waals surface area (Å²) < 4.78 is 40.5. The first-order chi connectivity index (χ1) is 8.91. The van der Waals surface area contributed by atoms with E-state index >= 15 is 0 Å². The summed E-state index contributed by atoms with van der Waals surface area (Å²) in [5.41, 5.74) is 0.255. The van der Waals surface area contributed by atoms with E-state index in [2.05, 4.69) is 15.9 Å². The Balaban J connectivity index is 2.47. The number of hydrogen-bond donors (Lipinski definition) is 1. The van der Waals surface area contributed by atoms with Gasteiger partial charge in [0.1, 0.15) is 11.9 Å². The summed E-state index contributed by atoms with van der Waals surface area (Å²) in [5.74, 6) is -2.57. The molecule has 0 saturated heterocycles. The summed E-state index contributed by atoms with van der Waals surface area (Å²) in [6, 6.07) is 6.50. The van der Waals surface area contributed by atoms with Crippen molar-refractivity contribution in [3.8, 4) is 0 Å². The normalized spacial score (nSPS) is 12.5. The van der Waals surface area contributed by atoms with E-state index < -0.39 is 23.6 Å². The Hall–Kier alpha value is -1.33. The highest BCUT2D eigenvalue weighted by molar-refractivity contribution is 9.10. The van der Waals surface area contributed by atoms with Crippen molar-refractivity contribution in [2.45, 2.75) is 13.0 Å². The number of hydrogen-bond acceptors (Lipinski definition) is 1. The summed E-state index contributed by atoms with van der Waals surface area (Å²) >= 11 is 2.98. The summed E-state index contributed by atoms with van der Waals surface area (Å²) in [5, 5.41) is 10.1. The van der Waals surface area contributed by atoms with E-state index in [4.69, 9.17) is 0 Å². The molecule has 19 heavy (non-hydrogen) atoms. The molecular weight excluding hydrogens is 321 g/mol. The Morgan fingerprint density at radius 2 is 1.74 bits per heavy atom. The molecule has 2 aromatic rings. The molecule has 0 bridgehead atoms. The zero-order valence-corrected chi connectivity index (χ0v) is 11.5. The minimum atomic E-state index is -1.35. The van der Waals surface area contributed by atoms with E-state index in [0.717, 1.165) is 6.07 Å². The van der Waals surface area contributed by atoms with Gasteiger partial charge in [0.2, 0.25) is 0 Å². The van der Waals surface area contributed by atoms with Gasteiger partial charge in [-0.25, -0.2) is 13.2 Å². The number of halogens is 4. The fourth-order valence-electron chi connectivity index (χ4n) is 1.73. The van der Waals surface area contributed by atoms with Gasteiger partial charge in [-0.2, -0.15) is 0 Å². The zero-order valence-electron chi connectivity index (χ0n) is 9.92. The molecule has 1 N–H and O–H groups in total. The smallest absolute Gasteiger partial charge is 0.165 e. The Bertz CT molecular complexity index is 628. The van der Waals surface area contributed by atoms with E-state index in [1.54, 1.807) is 0 Å². The van der Waals surface area contributed by atoms with Gasteiger partial charge < -0.3 is 5.11 Å². The summed E-state index contributed by atoms with van der Waals surface area (Å²) in [6.45, 7) is 1.43. The van der Waals surface area contributed by atoms with Gasteiger partial charge in [-0.05, 0) is 46.1 Å². The third-order valence-corrected chi connectivity index (χ3v) is 3.47. The second-order valence-corrected chi connectivity index (χ2v) is 5.03.